The van der Waals surface area contributed by atoms with E-state index in [0.717, 1.165) is 16.9 Å². The van der Waals surface area contributed by atoms with Crippen LogP contribution in [0, 0.1) is 0 Å². The summed E-state index contributed by atoms with van der Waals surface area (Å²) in [5.74, 6) is -1.31. The molecule has 4 atom stereocenters. The van der Waals surface area contributed by atoms with Crippen LogP contribution in [-0.2, 0) is 25.4 Å². The van der Waals surface area contributed by atoms with Crippen LogP contribution in [0.25, 0.3) is 0 Å². The number of phenols is 1. The molecule has 2 amide bonds. The van der Waals surface area contributed by atoms with Gasteiger partial charge in [-0.3, -0.25) is 9.59 Å². The summed E-state index contributed by atoms with van der Waals surface area (Å²) in [5.41, 5.74) is 0.695. The molecule has 3 rings (SSSR count). The van der Waals surface area contributed by atoms with Gasteiger partial charge in [-0.25, -0.2) is 14.6 Å². The second-order valence-electron chi connectivity index (χ2n) is 12.2. The molecule has 46 heavy (non-hydrogen) atoms. The van der Waals surface area contributed by atoms with Gasteiger partial charge in [0.1, 0.15) is 28.2 Å². The molecule has 0 spiro atoms. The van der Waals surface area contributed by atoms with E-state index in [1.165, 1.54) is 18.9 Å². The number of esters is 2. The minimum atomic E-state index is -0.962. The smallest absolute Gasteiger partial charge is 0.410 e. The molecule has 0 radical (unpaired) electrons. The van der Waals surface area contributed by atoms with Gasteiger partial charge in [-0.05, 0) is 70.9 Å². The minimum Gasteiger partial charge on any atom is -0.508 e. The van der Waals surface area contributed by atoms with Crippen molar-refractivity contribution in [3.63, 3.8) is 0 Å². The molecule has 1 heterocycles. The van der Waals surface area contributed by atoms with E-state index in [-0.39, 0.29) is 29.8 Å². The first kappa shape index (κ1) is 36.0. The third-order valence-corrected chi connectivity index (χ3v) is 8.19. The lowest BCUT2D eigenvalue weighted by atomic mass is 10.0. The zero-order valence-corrected chi connectivity index (χ0v) is 28.4. The molecule has 1 unspecified atom stereocenters. The number of hydrogen-bond donors (Lipinski definition) is 1. The number of aromatic nitrogens is 1. The molecule has 248 valence electrons. The van der Waals surface area contributed by atoms with Crippen LogP contribution < -0.4 is 0 Å². The summed E-state index contributed by atoms with van der Waals surface area (Å²) in [7, 11) is 3.21. The van der Waals surface area contributed by atoms with Gasteiger partial charge in [-0.1, -0.05) is 30.3 Å². The molecule has 0 aliphatic heterocycles. The Kier molecular flexibility index (Phi) is 12.3. The second-order valence-corrected chi connectivity index (χ2v) is 13.1. The average molecular weight is 654 g/mol. The van der Waals surface area contributed by atoms with E-state index in [1.807, 2.05) is 6.92 Å². The highest BCUT2D eigenvalue weighted by Crippen LogP contribution is 2.31. The van der Waals surface area contributed by atoms with Crippen LogP contribution in [-0.4, -0.2) is 81.7 Å². The lowest BCUT2D eigenvalue weighted by Crippen LogP contribution is -2.48. The van der Waals surface area contributed by atoms with Crippen LogP contribution in [0.2, 0.25) is 0 Å². The first-order chi connectivity index (χ1) is 21.6. The number of likely N-dealkylation sites (N-methyl/N-ethyl adjacent to an activating group) is 2. The Balaban J connectivity index is 1.85. The fraction of sp³-hybridized carbons (Fsp3) is 0.441. The highest BCUT2D eigenvalue weighted by atomic mass is 32.1. The zero-order valence-electron chi connectivity index (χ0n) is 27.6. The summed E-state index contributed by atoms with van der Waals surface area (Å²) in [6, 6.07) is 14.3. The summed E-state index contributed by atoms with van der Waals surface area (Å²) in [4.78, 5) is 59.2. The predicted molar refractivity (Wildman–Crippen MR) is 174 cm³/mol. The van der Waals surface area contributed by atoms with Gasteiger partial charge in [0.2, 0.25) is 0 Å². The number of aromatic hydroxyl groups is 1. The molecule has 1 aromatic heterocycles. The van der Waals surface area contributed by atoms with Crippen LogP contribution in [0.4, 0.5) is 4.79 Å². The van der Waals surface area contributed by atoms with Crippen LogP contribution in [0.1, 0.15) is 85.5 Å². The number of nitrogens with zero attached hydrogens (tertiary/aromatic N) is 3. The van der Waals surface area contributed by atoms with Gasteiger partial charge in [0.25, 0.3) is 5.91 Å². The summed E-state index contributed by atoms with van der Waals surface area (Å²) in [5, 5.41) is 11.5. The summed E-state index contributed by atoms with van der Waals surface area (Å²) < 4.78 is 17.0. The Bertz CT molecular complexity index is 1490. The van der Waals surface area contributed by atoms with Gasteiger partial charge < -0.3 is 29.1 Å². The monoisotopic (exact) mass is 653 g/mol. The van der Waals surface area contributed by atoms with E-state index >= 15 is 0 Å². The fourth-order valence-electron chi connectivity index (χ4n) is 4.67. The molecule has 11 nitrogen and oxygen atoms in total. The Hall–Kier alpha value is -4.45. The first-order valence-electron chi connectivity index (χ1n) is 14.9. The van der Waals surface area contributed by atoms with Crippen molar-refractivity contribution in [2.24, 2.45) is 0 Å². The number of hydrogen-bond acceptors (Lipinski definition) is 10. The number of thiazole rings is 1. The SMILES string of the molecule is CC(=O)O[C@H](C[C@H](C(C)OC(=O)c1ccccc1)N(C)C(=O)OC(C)(C)C)c1nc(C(=O)N(C)[C@H](C)Cc2ccc(O)cc2)cs1. The topological polar surface area (TPSA) is 136 Å². The van der Waals surface area contributed by atoms with Crippen molar-refractivity contribution in [2.75, 3.05) is 14.1 Å². The molecule has 12 heteroatoms. The number of amides is 2. The second kappa shape index (κ2) is 15.7. The molecule has 1 N–H and O–H groups in total. The van der Waals surface area contributed by atoms with E-state index in [2.05, 4.69) is 4.98 Å². The van der Waals surface area contributed by atoms with Crippen molar-refractivity contribution in [3.8, 4) is 5.75 Å². The van der Waals surface area contributed by atoms with Crippen molar-refractivity contribution in [2.45, 2.75) is 84.3 Å². The summed E-state index contributed by atoms with van der Waals surface area (Å²) >= 11 is 1.15. The minimum absolute atomic E-state index is 0.00674. The van der Waals surface area contributed by atoms with E-state index in [0.29, 0.717) is 17.0 Å². The third kappa shape index (κ3) is 10.3. The van der Waals surface area contributed by atoms with Crippen molar-refractivity contribution in [1.82, 2.24) is 14.8 Å². The number of phenolic OH excluding ortho intramolecular Hbond substituents is 1. The zero-order chi connectivity index (χ0) is 34.2. The standard InChI is InChI=1S/C34H43N3O8S/c1-21(18-24-14-16-26(39)17-15-24)36(7)31(40)27-20-46-30(35-27)29(44-23(3)38)19-28(37(8)33(42)45-34(4,5)6)22(2)43-32(41)25-12-10-9-11-13-25/h9-17,20-22,28-29,39H,18-19H2,1-8H3/t21-,22?,28-,29-/m1/s1. The van der Waals surface area contributed by atoms with Crippen molar-refractivity contribution >= 4 is 35.3 Å². The molecular weight excluding hydrogens is 610 g/mol. The highest BCUT2D eigenvalue weighted by Gasteiger charge is 2.36. The molecule has 0 fully saturated rings. The van der Waals surface area contributed by atoms with Gasteiger partial charge in [-0.2, -0.15) is 0 Å². The fourth-order valence-corrected chi connectivity index (χ4v) is 5.50. The lowest BCUT2D eigenvalue weighted by molar-refractivity contribution is -0.148. The quantitative estimate of drug-likeness (QED) is 0.184. The van der Waals surface area contributed by atoms with Gasteiger partial charge in [0, 0.05) is 38.9 Å². The van der Waals surface area contributed by atoms with Crippen molar-refractivity contribution < 1.29 is 38.5 Å². The summed E-state index contributed by atoms with van der Waals surface area (Å²) in [6.45, 7) is 10.0. The Morgan fingerprint density at radius 1 is 0.935 bits per heavy atom. The van der Waals surface area contributed by atoms with Crippen molar-refractivity contribution in [1.29, 1.82) is 0 Å². The maximum atomic E-state index is 13.4. The molecule has 0 saturated carbocycles. The Morgan fingerprint density at radius 2 is 1.57 bits per heavy atom. The molecule has 0 bridgehead atoms. The molecule has 2 aromatic carbocycles. The number of benzene rings is 2. The molecule has 3 aromatic rings. The maximum Gasteiger partial charge on any atom is 0.410 e. The van der Waals surface area contributed by atoms with Gasteiger partial charge in [0.15, 0.2) is 6.10 Å². The summed E-state index contributed by atoms with van der Waals surface area (Å²) in [6.07, 6.45) is -1.89. The molecular formula is C34H43N3O8S. The van der Waals surface area contributed by atoms with E-state index in [9.17, 15) is 24.3 Å². The Labute approximate surface area is 274 Å². The largest absolute Gasteiger partial charge is 0.508 e. The molecule has 0 saturated heterocycles. The average Bonchev–Trinajstić information content (AvgIpc) is 3.49. The lowest BCUT2D eigenvalue weighted by Gasteiger charge is -2.35. The van der Waals surface area contributed by atoms with Crippen molar-refractivity contribution in [3.05, 3.63) is 81.8 Å². The van der Waals surface area contributed by atoms with E-state index in [1.54, 1.807) is 99.6 Å². The van der Waals surface area contributed by atoms with Gasteiger partial charge in [0.05, 0.1) is 11.6 Å². The molecule has 0 aliphatic rings. The van der Waals surface area contributed by atoms with Crippen LogP contribution in [0.5, 0.6) is 5.75 Å². The van der Waals surface area contributed by atoms with Gasteiger partial charge in [-0.15, -0.1) is 11.3 Å². The van der Waals surface area contributed by atoms with Crippen LogP contribution in [0.15, 0.2) is 60.0 Å². The number of ether oxygens (including phenoxy) is 3. The van der Waals surface area contributed by atoms with Crippen LogP contribution in [0.3, 0.4) is 0 Å². The number of carbonyl (C=O) groups excluding carboxylic acids is 4. The maximum absolute atomic E-state index is 13.4. The van der Waals surface area contributed by atoms with E-state index in [4.69, 9.17) is 14.2 Å². The third-order valence-electron chi connectivity index (χ3n) is 7.25. The van der Waals surface area contributed by atoms with Crippen LogP contribution >= 0.6 is 11.3 Å². The Morgan fingerprint density at radius 3 is 2.15 bits per heavy atom. The van der Waals surface area contributed by atoms with Gasteiger partial charge >= 0.3 is 18.0 Å². The predicted octanol–water partition coefficient (Wildman–Crippen LogP) is 6.03. The van der Waals surface area contributed by atoms with E-state index < -0.39 is 41.9 Å². The molecule has 0 aliphatic carbocycles. The number of carbonyl (C=O) groups is 4. The first-order valence-corrected chi connectivity index (χ1v) is 15.8. The highest BCUT2D eigenvalue weighted by molar-refractivity contribution is 7.09. The normalized spacial score (nSPS) is 13.9. The number of rotatable bonds is 12.